The summed E-state index contributed by atoms with van der Waals surface area (Å²) in [6.45, 7) is 32.7. The Morgan fingerprint density at radius 3 is 0.649 bits per heavy atom. The van der Waals surface area contributed by atoms with Gasteiger partial charge in [-0.2, -0.15) is 0 Å². The number of allylic oxidation sites excluding steroid dienone is 4. The van der Waals surface area contributed by atoms with Crippen molar-refractivity contribution < 1.29 is 51.7 Å². The van der Waals surface area contributed by atoms with Crippen LogP contribution in [0.25, 0.3) is 0 Å². The summed E-state index contributed by atoms with van der Waals surface area (Å²) in [5.41, 5.74) is -2.53. The summed E-state index contributed by atoms with van der Waals surface area (Å²) < 4.78 is 0. The number of hydrogen-bond donors (Lipinski definition) is 4. The number of ketones is 2. The second-order valence-corrected chi connectivity index (χ2v) is 15.1. The normalized spacial score (nSPS) is 13.4. The van der Waals surface area contributed by atoms with Crippen molar-refractivity contribution >= 4 is 11.6 Å². The van der Waals surface area contributed by atoms with Gasteiger partial charge < -0.3 is 20.4 Å². The topological polar surface area (TPSA) is 115 Å². The van der Waals surface area contributed by atoms with Gasteiger partial charge in [0.25, 0.3) is 0 Å². The van der Waals surface area contributed by atoms with Gasteiger partial charge in [0.2, 0.25) is 0 Å². The van der Waals surface area contributed by atoms with Crippen molar-refractivity contribution in [3.05, 3.63) is 23.7 Å². The first-order valence-electron chi connectivity index (χ1n) is 12.5. The van der Waals surface area contributed by atoms with Crippen LogP contribution in [0, 0.1) is 21.7 Å². The minimum atomic E-state index is -0.500. The SMILES string of the molecule is CC(C)(C)C(=O)/C=C(\O)C(C)(C)C.CC(C)(C)C(=O)/C=C(\O)C(C)(C)C.CC(C)(C)O.CC(C)(C)O.[Ti]. The third-order valence-corrected chi connectivity index (χ3v) is 3.55. The van der Waals surface area contributed by atoms with E-state index in [0.717, 1.165) is 0 Å². The Kier molecular flexibility index (Phi) is 21.0. The Hall–Kier alpha value is -0.946. The quantitative estimate of drug-likeness (QED) is 0.155. The number of aliphatic hydroxyl groups excluding tert-OH is 2. The molecule has 0 saturated carbocycles. The molecule has 0 spiro atoms. The van der Waals surface area contributed by atoms with E-state index in [2.05, 4.69) is 0 Å². The average Bonchev–Trinajstić information content (AvgIpc) is 2.48. The van der Waals surface area contributed by atoms with Crippen molar-refractivity contribution in [3.8, 4) is 0 Å². The van der Waals surface area contributed by atoms with Gasteiger partial charge in [-0.1, -0.05) is 83.1 Å². The summed E-state index contributed by atoms with van der Waals surface area (Å²) in [4.78, 5) is 23.0. The van der Waals surface area contributed by atoms with Gasteiger partial charge in [0.1, 0.15) is 11.5 Å². The second kappa shape index (κ2) is 16.9. The van der Waals surface area contributed by atoms with Crippen molar-refractivity contribution in [1.82, 2.24) is 0 Å². The first-order chi connectivity index (χ1) is 15.1. The molecule has 7 heteroatoms. The first-order valence-corrected chi connectivity index (χ1v) is 12.5. The minimum absolute atomic E-state index is 0. The molecule has 0 aliphatic rings. The molecule has 0 aromatic rings. The van der Waals surface area contributed by atoms with Crippen molar-refractivity contribution in [1.29, 1.82) is 0 Å². The van der Waals surface area contributed by atoms with E-state index in [1.54, 1.807) is 41.5 Å². The molecule has 0 aliphatic heterocycles. The van der Waals surface area contributed by atoms with Gasteiger partial charge in [-0.3, -0.25) is 9.59 Å². The summed E-state index contributed by atoms with van der Waals surface area (Å²) in [5.74, 6) is 0.208. The molecule has 0 unspecified atom stereocenters. The zero-order valence-corrected chi connectivity index (χ0v) is 28.8. The Morgan fingerprint density at radius 1 is 0.432 bits per heavy atom. The van der Waals surface area contributed by atoms with Crippen LogP contribution in [0.2, 0.25) is 0 Å². The molecular weight excluding hydrogens is 504 g/mol. The zero-order valence-electron chi connectivity index (χ0n) is 27.3. The van der Waals surface area contributed by atoms with Crippen LogP contribution >= 0.6 is 0 Å². The van der Waals surface area contributed by atoms with E-state index in [4.69, 9.17) is 10.2 Å². The second-order valence-electron chi connectivity index (χ2n) is 15.1. The molecule has 0 aromatic heterocycles. The van der Waals surface area contributed by atoms with Gasteiger partial charge in [-0.05, 0) is 41.5 Å². The summed E-state index contributed by atoms with van der Waals surface area (Å²) in [6.07, 6.45) is 2.67. The van der Waals surface area contributed by atoms with E-state index in [1.807, 2.05) is 83.1 Å². The Morgan fingerprint density at radius 2 is 0.568 bits per heavy atom. The molecule has 0 bridgehead atoms. The minimum Gasteiger partial charge on any atom is -0.512 e. The number of carbonyl (C=O) groups is 2. The van der Waals surface area contributed by atoms with E-state index in [1.165, 1.54) is 12.2 Å². The van der Waals surface area contributed by atoms with Crippen molar-refractivity contribution in [3.63, 3.8) is 0 Å². The molecular formula is C30H60O6Ti. The van der Waals surface area contributed by atoms with Crippen LogP contribution in [0.3, 0.4) is 0 Å². The summed E-state index contributed by atoms with van der Waals surface area (Å²) in [6, 6.07) is 0. The van der Waals surface area contributed by atoms with E-state index in [-0.39, 0.29) is 55.6 Å². The molecule has 4 N–H and O–H groups in total. The van der Waals surface area contributed by atoms with Gasteiger partial charge in [0.05, 0.1) is 11.2 Å². The third kappa shape index (κ3) is 39.7. The molecule has 0 aliphatic carbocycles. The Labute approximate surface area is 243 Å². The van der Waals surface area contributed by atoms with E-state index >= 15 is 0 Å². The smallest absolute Gasteiger partial charge is 0.164 e. The van der Waals surface area contributed by atoms with Crippen molar-refractivity contribution in [2.24, 2.45) is 21.7 Å². The molecule has 0 atom stereocenters. The largest absolute Gasteiger partial charge is 0.512 e. The van der Waals surface area contributed by atoms with Crippen molar-refractivity contribution in [2.75, 3.05) is 0 Å². The molecule has 220 valence electrons. The predicted octanol–water partition coefficient (Wildman–Crippen LogP) is 7.73. The first kappa shape index (κ1) is 45.9. The predicted molar refractivity (Wildman–Crippen MR) is 153 cm³/mol. The number of hydrogen-bond acceptors (Lipinski definition) is 6. The molecule has 0 aromatic carbocycles. The number of aliphatic hydroxyl groups is 4. The van der Waals surface area contributed by atoms with Crippen molar-refractivity contribution in [2.45, 2.75) is 136 Å². The summed E-state index contributed by atoms with van der Waals surface area (Å²) in [7, 11) is 0. The van der Waals surface area contributed by atoms with Crippen LogP contribution in [-0.2, 0) is 31.3 Å². The maximum absolute atomic E-state index is 11.5. The van der Waals surface area contributed by atoms with Gasteiger partial charge >= 0.3 is 0 Å². The van der Waals surface area contributed by atoms with Gasteiger partial charge in [-0.15, -0.1) is 0 Å². The average molecular weight is 565 g/mol. The molecule has 0 radical (unpaired) electrons. The molecule has 0 rings (SSSR count). The summed E-state index contributed by atoms with van der Waals surface area (Å²) in [5, 5.41) is 36.2. The van der Waals surface area contributed by atoms with Crippen LogP contribution in [0.15, 0.2) is 23.7 Å². The molecule has 0 saturated heterocycles. The standard InChI is InChI=1S/2C11H20O2.2C4H10O.Ti/c2*1-10(2,3)8(12)7-9(13)11(4,5)6;2*1-4(2,3)5;/h2*7,12H,1-6H3;2*5H,1-3H3;/b2*8-7-;;;. The molecule has 0 fully saturated rings. The van der Waals surface area contributed by atoms with Crippen LogP contribution in [0.5, 0.6) is 0 Å². The fourth-order valence-corrected chi connectivity index (χ4v) is 1.11. The van der Waals surface area contributed by atoms with E-state index < -0.39 is 22.0 Å². The van der Waals surface area contributed by atoms with Crippen LogP contribution in [0.4, 0.5) is 0 Å². The zero-order chi connectivity index (χ0) is 30.7. The molecule has 37 heavy (non-hydrogen) atoms. The number of carbonyl (C=O) groups excluding carboxylic acids is 2. The van der Waals surface area contributed by atoms with E-state index in [0.29, 0.717) is 0 Å². The maximum Gasteiger partial charge on any atom is 0.164 e. The molecule has 6 nitrogen and oxygen atoms in total. The fourth-order valence-electron chi connectivity index (χ4n) is 1.11. The number of rotatable bonds is 2. The van der Waals surface area contributed by atoms with Crippen LogP contribution < -0.4 is 0 Å². The maximum atomic E-state index is 11.5. The van der Waals surface area contributed by atoms with Gasteiger partial charge in [0.15, 0.2) is 11.6 Å². The van der Waals surface area contributed by atoms with Gasteiger partial charge in [0, 0.05) is 55.5 Å². The molecule has 0 heterocycles. The van der Waals surface area contributed by atoms with Gasteiger partial charge in [-0.25, -0.2) is 0 Å². The molecule has 0 amide bonds. The van der Waals surface area contributed by atoms with Crippen LogP contribution in [0.1, 0.15) is 125 Å². The monoisotopic (exact) mass is 564 g/mol. The van der Waals surface area contributed by atoms with E-state index in [9.17, 15) is 19.8 Å². The summed E-state index contributed by atoms with van der Waals surface area (Å²) >= 11 is 0. The Bertz CT molecular complexity index is 645. The Balaban J connectivity index is -0.000000133. The third-order valence-electron chi connectivity index (χ3n) is 3.55. The fraction of sp³-hybridized carbons (Fsp3) is 0.800. The van der Waals surface area contributed by atoms with Crippen LogP contribution in [-0.4, -0.2) is 43.2 Å².